The standard InChI is InChI=1S/C16H19NO4/c1-21-14-5-2-9(6-13(14)16(19)20)8-17-15(18)12-7-11(12)10-3-4-10/h2,5-6,10-12H,3-4,7-8H2,1H3,(H,17,18)(H,19,20)/t11-,12-/m1/s1. The van der Waals surface area contributed by atoms with Crippen molar-refractivity contribution in [2.45, 2.75) is 25.8 Å². The van der Waals surface area contributed by atoms with E-state index in [-0.39, 0.29) is 17.4 Å². The van der Waals surface area contributed by atoms with E-state index in [2.05, 4.69) is 5.32 Å². The molecule has 1 aromatic rings. The average Bonchev–Trinajstić information content (AvgIpc) is 3.35. The van der Waals surface area contributed by atoms with Gasteiger partial charge in [-0.15, -0.1) is 0 Å². The number of amides is 1. The summed E-state index contributed by atoms with van der Waals surface area (Å²) in [6, 6.07) is 4.94. The van der Waals surface area contributed by atoms with Gasteiger partial charge in [0.05, 0.1) is 7.11 Å². The first kappa shape index (κ1) is 13.9. The Hall–Kier alpha value is -2.04. The van der Waals surface area contributed by atoms with E-state index in [1.54, 1.807) is 18.2 Å². The molecule has 0 unspecified atom stereocenters. The zero-order valence-corrected chi connectivity index (χ0v) is 12.0. The maximum Gasteiger partial charge on any atom is 0.339 e. The van der Waals surface area contributed by atoms with E-state index < -0.39 is 5.97 Å². The summed E-state index contributed by atoms with van der Waals surface area (Å²) in [5, 5.41) is 12.0. The van der Waals surface area contributed by atoms with Crippen molar-refractivity contribution < 1.29 is 19.4 Å². The quantitative estimate of drug-likeness (QED) is 0.840. The van der Waals surface area contributed by atoms with Crippen LogP contribution in [0.4, 0.5) is 0 Å². The number of carboxylic acids is 1. The van der Waals surface area contributed by atoms with Crippen LogP contribution in [0.15, 0.2) is 18.2 Å². The number of rotatable bonds is 6. The van der Waals surface area contributed by atoms with Crippen LogP contribution in [0.25, 0.3) is 0 Å². The van der Waals surface area contributed by atoms with E-state index in [1.807, 2.05) is 0 Å². The molecule has 2 aliphatic carbocycles. The van der Waals surface area contributed by atoms with Crippen LogP contribution in [-0.2, 0) is 11.3 Å². The molecule has 2 aliphatic rings. The first-order chi connectivity index (χ1) is 10.1. The van der Waals surface area contributed by atoms with Crippen LogP contribution in [0, 0.1) is 17.8 Å². The van der Waals surface area contributed by atoms with Gasteiger partial charge < -0.3 is 15.2 Å². The Bertz CT molecular complexity index is 580. The molecule has 2 atom stereocenters. The highest BCUT2D eigenvalue weighted by Crippen LogP contribution is 2.54. The molecule has 5 heteroatoms. The Morgan fingerprint density at radius 2 is 2.14 bits per heavy atom. The number of benzene rings is 1. The molecule has 2 N–H and O–H groups in total. The number of hydrogen-bond donors (Lipinski definition) is 2. The zero-order chi connectivity index (χ0) is 15.0. The third-order valence-electron chi connectivity index (χ3n) is 4.37. The number of carboxylic acid groups (broad SMARTS) is 1. The highest BCUT2D eigenvalue weighted by Gasteiger charge is 2.50. The lowest BCUT2D eigenvalue weighted by atomic mass is 10.1. The van der Waals surface area contributed by atoms with Crippen LogP contribution >= 0.6 is 0 Å². The fraction of sp³-hybridized carbons (Fsp3) is 0.500. The molecule has 1 amide bonds. The molecular formula is C16H19NO4. The van der Waals surface area contributed by atoms with Crippen LogP contribution in [0.1, 0.15) is 35.2 Å². The van der Waals surface area contributed by atoms with Gasteiger partial charge in [-0.3, -0.25) is 4.79 Å². The molecule has 2 fully saturated rings. The van der Waals surface area contributed by atoms with Crippen molar-refractivity contribution in [3.63, 3.8) is 0 Å². The summed E-state index contributed by atoms with van der Waals surface area (Å²) in [7, 11) is 1.44. The van der Waals surface area contributed by atoms with Gasteiger partial charge in [-0.2, -0.15) is 0 Å². The highest BCUT2D eigenvalue weighted by atomic mass is 16.5. The van der Waals surface area contributed by atoms with Crippen molar-refractivity contribution in [3.05, 3.63) is 29.3 Å². The minimum absolute atomic E-state index is 0.0968. The van der Waals surface area contributed by atoms with Crippen molar-refractivity contribution in [3.8, 4) is 5.75 Å². The van der Waals surface area contributed by atoms with E-state index in [0.29, 0.717) is 18.2 Å². The number of methoxy groups -OCH3 is 1. The number of carbonyl (C=O) groups is 2. The number of nitrogens with one attached hydrogen (secondary N) is 1. The molecule has 0 aliphatic heterocycles. The molecular weight excluding hydrogens is 270 g/mol. The Morgan fingerprint density at radius 1 is 1.38 bits per heavy atom. The fourth-order valence-corrected chi connectivity index (χ4v) is 2.91. The van der Waals surface area contributed by atoms with Gasteiger partial charge in [0, 0.05) is 12.5 Å². The number of ether oxygens (including phenoxy) is 1. The first-order valence-corrected chi connectivity index (χ1v) is 7.28. The van der Waals surface area contributed by atoms with Crippen LogP contribution in [0.5, 0.6) is 5.75 Å². The second kappa shape index (κ2) is 5.39. The summed E-state index contributed by atoms with van der Waals surface area (Å²) in [6.45, 7) is 0.358. The molecule has 0 spiro atoms. The highest BCUT2D eigenvalue weighted by molar-refractivity contribution is 5.91. The van der Waals surface area contributed by atoms with Gasteiger partial charge in [0.15, 0.2) is 0 Å². The predicted molar refractivity (Wildman–Crippen MR) is 76.1 cm³/mol. The third kappa shape index (κ3) is 3.01. The smallest absolute Gasteiger partial charge is 0.339 e. The van der Waals surface area contributed by atoms with Crippen molar-refractivity contribution in [1.29, 1.82) is 0 Å². The molecule has 112 valence electrons. The summed E-state index contributed by atoms with van der Waals surface area (Å²) in [5.41, 5.74) is 0.886. The Morgan fingerprint density at radius 3 is 2.76 bits per heavy atom. The summed E-state index contributed by atoms with van der Waals surface area (Å²) in [6.07, 6.45) is 3.56. The summed E-state index contributed by atoms with van der Waals surface area (Å²) >= 11 is 0. The molecule has 3 rings (SSSR count). The second-order valence-electron chi connectivity index (χ2n) is 5.90. The van der Waals surface area contributed by atoms with Crippen LogP contribution in [0.3, 0.4) is 0 Å². The van der Waals surface area contributed by atoms with E-state index in [9.17, 15) is 9.59 Å². The minimum atomic E-state index is -1.03. The van der Waals surface area contributed by atoms with E-state index in [1.165, 1.54) is 20.0 Å². The first-order valence-electron chi connectivity index (χ1n) is 7.28. The van der Waals surface area contributed by atoms with Gasteiger partial charge in [-0.25, -0.2) is 4.79 Å². The Kier molecular flexibility index (Phi) is 3.57. The second-order valence-corrected chi connectivity index (χ2v) is 5.90. The third-order valence-corrected chi connectivity index (χ3v) is 4.37. The molecule has 0 aromatic heterocycles. The molecule has 5 nitrogen and oxygen atoms in total. The lowest BCUT2D eigenvalue weighted by Gasteiger charge is -2.09. The Balaban J connectivity index is 1.58. The normalized spacial score (nSPS) is 23.5. The van der Waals surface area contributed by atoms with Crippen molar-refractivity contribution in [1.82, 2.24) is 5.32 Å². The molecule has 21 heavy (non-hydrogen) atoms. The number of hydrogen-bond acceptors (Lipinski definition) is 3. The fourth-order valence-electron chi connectivity index (χ4n) is 2.91. The molecule has 0 bridgehead atoms. The van der Waals surface area contributed by atoms with Crippen LogP contribution in [0.2, 0.25) is 0 Å². The molecule has 1 aromatic carbocycles. The summed E-state index contributed by atoms with van der Waals surface area (Å²) < 4.78 is 5.01. The summed E-state index contributed by atoms with van der Waals surface area (Å²) in [5.74, 6) is 0.940. The van der Waals surface area contributed by atoms with Gasteiger partial charge in [-0.1, -0.05) is 6.07 Å². The number of aromatic carboxylic acids is 1. The molecule has 2 saturated carbocycles. The van der Waals surface area contributed by atoms with Gasteiger partial charge in [0.1, 0.15) is 11.3 Å². The number of carbonyl (C=O) groups excluding carboxylic acids is 1. The Labute approximate surface area is 123 Å². The SMILES string of the molecule is COc1ccc(CNC(=O)[C@@H]2C[C@@H]2C2CC2)cc1C(=O)O. The van der Waals surface area contributed by atoms with Crippen LogP contribution < -0.4 is 10.1 Å². The lowest BCUT2D eigenvalue weighted by Crippen LogP contribution is -2.25. The van der Waals surface area contributed by atoms with E-state index >= 15 is 0 Å². The molecule has 0 radical (unpaired) electrons. The van der Waals surface area contributed by atoms with Gasteiger partial charge >= 0.3 is 5.97 Å². The maximum absolute atomic E-state index is 12.0. The van der Waals surface area contributed by atoms with Crippen molar-refractivity contribution >= 4 is 11.9 Å². The van der Waals surface area contributed by atoms with Gasteiger partial charge in [0.25, 0.3) is 0 Å². The average molecular weight is 289 g/mol. The van der Waals surface area contributed by atoms with Gasteiger partial charge in [-0.05, 0) is 48.8 Å². The monoisotopic (exact) mass is 289 g/mol. The van der Waals surface area contributed by atoms with E-state index in [4.69, 9.17) is 9.84 Å². The lowest BCUT2D eigenvalue weighted by molar-refractivity contribution is -0.122. The van der Waals surface area contributed by atoms with Crippen molar-refractivity contribution in [2.75, 3.05) is 7.11 Å². The van der Waals surface area contributed by atoms with Crippen molar-refractivity contribution in [2.24, 2.45) is 17.8 Å². The predicted octanol–water partition coefficient (Wildman–Crippen LogP) is 2.06. The minimum Gasteiger partial charge on any atom is -0.496 e. The topological polar surface area (TPSA) is 75.6 Å². The van der Waals surface area contributed by atoms with Crippen LogP contribution in [-0.4, -0.2) is 24.1 Å². The van der Waals surface area contributed by atoms with E-state index in [0.717, 1.165) is 17.9 Å². The van der Waals surface area contributed by atoms with Gasteiger partial charge in [0.2, 0.25) is 5.91 Å². The zero-order valence-electron chi connectivity index (χ0n) is 12.0. The molecule has 0 heterocycles. The summed E-state index contributed by atoms with van der Waals surface area (Å²) in [4.78, 5) is 23.2. The largest absolute Gasteiger partial charge is 0.496 e. The maximum atomic E-state index is 12.0. The molecule has 0 saturated heterocycles.